The average Bonchev–Trinajstić information content (AvgIpc) is 2.46. The topological polar surface area (TPSA) is 49.5 Å². The van der Waals surface area contributed by atoms with Crippen LogP contribution in [0.4, 0.5) is 5.69 Å². The highest BCUT2D eigenvalue weighted by Crippen LogP contribution is 2.27. The van der Waals surface area contributed by atoms with E-state index in [4.69, 9.17) is 5.73 Å². The van der Waals surface area contributed by atoms with Crippen LogP contribution >= 0.6 is 0 Å². The van der Waals surface area contributed by atoms with Crippen molar-refractivity contribution >= 4 is 5.69 Å². The molecule has 0 aliphatic heterocycles. The second-order valence-corrected chi connectivity index (χ2v) is 5.59. The molecule has 0 amide bonds. The Balaban J connectivity index is 2.13. The van der Waals surface area contributed by atoms with Gasteiger partial charge in [0, 0.05) is 24.3 Å². The number of anilines is 1. The van der Waals surface area contributed by atoms with Gasteiger partial charge >= 0.3 is 0 Å². The molecule has 1 fully saturated rings. The molecule has 19 heavy (non-hydrogen) atoms. The van der Waals surface area contributed by atoms with Crippen molar-refractivity contribution in [2.45, 2.75) is 51.1 Å². The molecule has 0 saturated heterocycles. The summed E-state index contributed by atoms with van der Waals surface area (Å²) >= 11 is 0. The van der Waals surface area contributed by atoms with Crippen molar-refractivity contribution in [1.29, 1.82) is 0 Å². The zero-order valence-electron chi connectivity index (χ0n) is 11.9. The van der Waals surface area contributed by atoms with Crippen LogP contribution in [0.1, 0.15) is 50.6 Å². The van der Waals surface area contributed by atoms with Gasteiger partial charge in [-0.25, -0.2) is 0 Å². The van der Waals surface area contributed by atoms with Gasteiger partial charge in [-0.15, -0.1) is 0 Å². The average molecular weight is 262 g/mol. The van der Waals surface area contributed by atoms with Gasteiger partial charge in [0.2, 0.25) is 0 Å². The first kappa shape index (κ1) is 14.4. The van der Waals surface area contributed by atoms with E-state index in [0.29, 0.717) is 6.04 Å². The van der Waals surface area contributed by atoms with E-state index in [2.05, 4.69) is 29.2 Å². The molecular formula is C16H26N2O. The largest absolute Gasteiger partial charge is 0.395 e. The van der Waals surface area contributed by atoms with Gasteiger partial charge in [-0.3, -0.25) is 0 Å². The smallest absolute Gasteiger partial charge is 0.0606 e. The molecular weight excluding hydrogens is 236 g/mol. The molecule has 0 aromatic heterocycles. The molecule has 1 aromatic rings. The fourth-order valence-corrected chi connectivity index (χ4v) is 2.99. The molecule has 1 aromatic carbocycles. The molecule has 1 unspecified atom stereocenters. The van der Waals surface area contributed by atoms with Gasteiger partial charge in [-0.1, -0.05) is 31.4 Å². The van der Waals surface area contributed by atoms with Gasteiger partial charge in [0.25, 0.3) is 0 Å². The fourth-order valence-electron chi connectivity index (χ4n) is 2.99. The Hall–Kier alpha value is -1.06. The molecule has 3 heteroatoms. The van der Waals surface area contributed by atoms with Crippen LogP contribution in [0.15, 0.2) is 24.3 Å². The zero-order chi connectivity index (χ0) is 13.7. The van der Waals surface area contributed by atoms with Crippen LogP contribution in [0, 0.1) is 0 Å². The highest BCUT2D eigenvalue weighted by molar-refractivity contribution is 5.49. The van der Waals surface area contributed by atoms with E-state index in [0.717, 1.165) is 12.1 Å². The van der Waals surface area contributed by atoms with Crippen LogP contribution in [0.5, 0.6) is 0 Å². The molecule has 0 spiro atoms. The standard InChI is InChI=1S/C16H26N2O/c1-13(17)14-7-9-16(10-8-14)18(11-12-19)15-5-3-2-4-6-15/h7-10,13,15,19H,2-6,11-12,17H2,1H3. The van der Waals surface area contributed by atoms with E-state index in [1.807, 2.05) is 6.92 Å². The van der Waals surface area contributed by atoms with Crippen LogP contribution in [-0.4, -0.2) is 24.3 Å². The summed E-state index contributed by atoms with van der Waals surface area (Å²) in [5, 5.41) is 9.31. The van der Waals surface area contributed by atoms with Crippen LogP contribution < -0.4 is 10.6 Å². The maximum atomic E-state index is 9.31. The monoisotopic (exact) mass is 262 g/mol. The SMILES string of the molecule is CC(N)c1ccc(N(CCO)C2CCCCC2)cc1. The Morgan fingerprint density at radius 1 is 1.21 bits per heavy atom. The highest BCUT2D eigenvalue weighted by atomic mass is 16.3. The summed E-state index contributed by atoms with van der Waals surface area (Å²) in [6, 6.07) is 9.16. The van der Waals surface area contributed by atoms with Crippen molar-refractivity contribution in [2.75, 3.05) is 18.1 Å². The summed E-state index contributed by atoms with van der Waals surface area (Å²) in [5.74, 6) is 0. The first-order chi connectivity index (χ1) is 9.22. The molecule has 0 heterocycles. The first-order valence-corrected chi connectivity index (χ1v) is 7.45. The molecule has 3 nitrogen and oxygen atoms in total. The van der Waals surface area contributed by atoms with E-state index >= 15 is 0 Å². The highest BCUT2D eigenvalue weighted by Gasteiger charge is 2.21. The lowest BCUT2D eigenvalue weighted by atomic mass is 9.93. The summed E-state index contributed by atoms with van der Waals surface area (Å²) in [5.41, 5.74) is 8.26. The summed E-state index contributed by atoms with van der Waals surface area (Å²) in [6.07, 6.45) is 6.46. The number of nitrogens with zero attached hydrogens (tertiary/aromatic N) is 1. The number of nitrogens with two attached hydrogens (primary N) is 1. The molecule has 3 N–H and O–H groups in total. The predicted molar refractivity (Wildman–Crippen MR) is 80.3 cm³/mol. The summed E-state index contributed by atoms with van der Waals surface area (Å²) < 4.78 is 0. The maximum absolute atomic E-state index is 9.31. The predicted octanol–water partition coefficient (Wildman–Crippen LogP) is 2.84. The van der Waals surface area contributed by atoms with Crippen molar-refractivity contribution in [3.05, 3.63) is 29.8 Å². The number of benzene rings is 1. The van der Waals surface area contributed by atoms with Crippen LogP contribution in [0.25, 0.3) is 0 Å². The van der Waals surface area contributed by atoms with Gasteiger partial charge in [-0.05, 0) is 37.5 Å². The Morgan fingerprint density at radius 3 is 2.37 bits per heavy atom. The first-order valence-electron chi connectivity index (χ1n) is 7.45. The zero-order valence-corrected chi connectivity index (χ0v) is 11.9. The van der Waals surface area contributed by atoms with Gasteiger partial charge in [-0.2, -0.15) is 0 Å². The van der Waals surface area contributed by atoms with Crippen molar-refractivity contribution in [3.63, 3.8) is 0 Å². The molecule has 1 aliphatic rings. The van der Waals surface area contributed by atoms with Crippen molar-refractivity contribution in [1.82, 2.24) is 0 Å². The van der Waals surface area contributed by atoms with Crippen molar-refractivity contribution in [3.8, 4) is 0 Å². The molecule has 1 aliphatic carbocycles. The van der Waals surface area contributed by atoms with Crippen molar-refractivity contribution < 1.29 is 5.11 Å². The molecule has 0 bridgehead atoms. The van der Waals surface area contributed by atoms with Gasteiger partial charge in [0.15, 0.2) is 0 Å². The van der Waals surface area contributed by atoms with E-state index in [9.17, 15) is 5.11 Å². The number of aliphatic hydroxyl groups excluding tert-OH is 1. The number of hydrogen-bond acceptors (Lipinski definition) is 3. The Bertz CT molecular complexity index is 369. The summed E-state index contributed by atoms with van der Waals surface area (Å²) in [6.45, 7) is 2.94. The fraction of sp³-hybridized carbons (Fsp3) is 0.625. The Labute approximate surface area is 116 Å². The van der Waals surface area contributed by atoms with Crippen molar-refractivity contribution in [2.24, 2.45) is 5.73 Å². The third kappa shape index (κ3) is 3.71. The molecule has 0 radical (unpaired) electrons. The molecule has 106 valence electrons. The van der Waals surface area contributed by atoms with Crippen LogP contribution in [-0.2, 0) is 0 Å². The summed E-state index contributed by atoms with van der Waals surface area (Å²) in [4.78, 5) is 2.37. The lowest BCUT2D eigenvalue weighted by Gasteiger charge is -2.36. The minimum atomic E-state index is 0.0787. The second kappa shape index (κ2) is 6.92. The third-order valence-electron chi connectivity index (χ3n) is 4.11. The lowest BCUT2D eigenvalue weighted by Crippen LogP contribution is -2.38. The molecule has 1 saturated carbocycles. The van der Waals surface area contributed by atoms with E-state index < -0.39 is 0 Å². The van der Waals surface area contributed by atoms with Crippen LogP contribution in [0.3, 0.4) is 0 Å². The number of hydrogen-bond donors (Lipinski definition) is 2. The van der Waals surface area contributed by atoms with Crippen LogP contribution in [0.2, 0.25) is 0 Å². The quantitative estimate of drug-likeness (QED) is 0.858. The summed E-state index contributed by atoms with van der Waals surface area (Å²) in [7, 11) is 0. The maximum Gasteiger partial charge on any atom is 0.0606 e. The van der Waals surface area contributed by atoms with Gasteiger partial charge in [0.1, 0.15) is 0 Å². The lowest BCUT2D eigenvalue weighted by molar-refractivity contribution is 0.290. The third-order valence-corrected chi connectivity index (χ3v) is 4.11. The van der Waals surface area contributed by atoms with E-state index in [1.165, 1.54) is 37.8 Å². The van der Waals surface area contributed by atoms with E-state index in [1.54, 1.807) is 0 Å². The minimum Gasteiger partial charge on any atom is -0.395 e. The van der Waals surface area contributed by atoms with Gasteiger partial charge < -0.3 is 15.7 Å². The molecule has 1 atom stereocenters. The normalized spacial score (nSPS) is 18.3. The Morgan fingerprint density at radius 2 is 1.84 bits per heavy atom. The minimum absolute atomic E-state index is 0.0787. The molecule has 2 rings (SSSR count). The number of rotatable bonds is 5. The second-order valence-electron chi connectivity index (χ2n) is 5.59. The van der Waals surface area contributed by atoms with Gasteiger partial charge in [0.05, 0.1) is 6.61 Å². The Kier molecular flexibility index (Phi) is 5.23. The number of aliphatic hydroxyl groups is 1. The van der Waals surface area contributed by atoms with E-state index in [-0.39, 0.29) is 12.6 Å².